The molecule has 0 spiro atoms. The van der Waals surface area contributed by atoms with Crippen LogP contribution in [0.1, 0.15) is 31.5 Å². The van der Waals surface area contributed by atoms with Crippen molar-refractivity contribution in [3.05, 3.63) is 11.3 Å². The van der Waals surface area contributed by atoms with Crippen molar-refractivity contribution in [1.82, 2.24) is 10.2 Å². The summed E-state index contributed by atoms with van der Waals surface area (Å²) in [7, 11) is 1.91. The largest absolute Gasteiger partial charge is 0.371 e. The van der Waals surface area contributed by atoms with Gasteiger partial charge in [-0.1, -0.05) is 20.3 Å². The first-order chi connectivity index (χ1) is 5.83. The lowest BCUT2D eigenvalue weighted by atomic mass is 10.1. The van der Waals surface area contributed by atoms with Gasteiger partial charge < -0.3 is 5.32 Å². The van der Waals surface area contributed by atoms with Crippen molar-refractivity contribution >= 4 is 5.82 Å². The van der Waals surface area contributed by atoms with Crippen LogP contribution in [0.15, 0.2) is 0 Å². The molecule has 68 valence electrons. The van der Waals surface area contributed by atoms with Crippen molar-refractivity contribution < 1.29 is 0 Å². The molecule has 0 bridgehead atoms. The molecule has 0 aliphatic carbocycles. The molecule has 0 fully saturated rings. The average Bonchev–Trinajstić information content (AvgIpc) is 2.47. The third-order valence-corrected chi connectivity index (χ3v) is 2.04. The van der Waals surface area contributed by atoms with Crippen LogP contribution in [0.25, 0.3) is 0 Å². The fraction of sp³-hybridized carbons (Fsp3) is 0.667. The third-order valence-electron chi connectivity index (χ3n) is 2.04. The Morgan fingerprint density at radius 3 is 2.67 bits per heavy atom. The molecule has 0 atom stereocenters. The van der Waals surface area contributed by atoms with E-state index in [9.17, 15) is 0 Å². The maximum atomic E-state index is 4.19. The smallest absolute Gasteiger partial charge is 0.150 e. The van der Waals surface area contributed by atoms with Gasteiger partial charge in [0.15, 0.2) is 5.82 Å². The highest BCUT2D eigenvalue weighted by Gasteiger charge is 2.08. The van der Waals surface area contributed by atoms with E-state index in [4.69, 9.17) is 0 Å². The van der Waals surface area contributed by atoms with Crippen LogP contribution in [0.5, 0.6) is 0 Å². The van der Waals surface area contributed by atoms with Crippen molar-refractivity contribution in [1.29, 1.82) is 0 Å². The summed E-state index contributed by atoms with van der Waals surface area (Å²) >= 11 is 0. The fourth-order valence-corrected chi connectivity index (χ4v) is 1.45. The molecule has 0 aliphatic rings. The monoisotopic (exact) mass is 167 g/mol. The van der Waals surface area contributed by atoms with Gasteiger partial charge in [-0.05, 0) is 12.8 Å². The molecule has 1 aromatic rings. The Morgan fingerprint density at radius 1 is 1.42 bits per heavy atom. The van der Waals surface area contributed by atoms with Gasteiger partial charge in [-0.25, -0.2) is 0 Å². The van der Waals surface area contributed by atoms with Crippen LogP contribution >= 0.6 is 0 Å². The number of hydrogen-bond acceptors (Lipinski definition) is 2. The van der Waals surface area contributed by atoms with E-state index in [0.717, 1.165) is 18.7 Å². The van der Waals surface area contributed by atoms with Gasteiger partial charge >= 0.3 is 0 Å². The first-order valence-electron chi connectivity index (χ1n) is 4.57. The Hall–Kier alpha value is -0.990. The zero-order valence-corrected chi connectivity index (χ0v) is 8.07. The fourth-order valence-electron chi connectivity index (χ4n) is 1.45. The summed E-state index contributed by atoms with van der Waals surface area (Å²) in [5, 5.41) is 10.3. The highest BCUT2D eigenvalue weighted by atomic mass is 15.2. The summed E-state index contributed by atoms with van der Waals surface area (Å²) < 4.78 is 0. The summed E-state index contributed by atoms with van der Waals surface area (Å²) in [6, 6.07) is 0. The number of rotatable bonds is 4. The first kappa shape index (κ1) is 9.10. The van der Waals surface area contributed by atoms with Gasteiger partial charge in [-0.2, -0.15) is 5.10 Å². The van der Waals surface area contributed by atoms with Gasteiger partial charge in [-0.3, -0.25) is 5.10 Å². The second kappa shape index (κ2) is 4.14. The quantitative estimate of drug-likeness (QED) is 0.719. The van der Waals surface area contributed by atoms with E-state index in [1.54, 1.807) is 0 Å². The van der Waals surface area contributed by atoms with Gasteiger partial charge in [0.05, 0.1) is 0 Å². The van der Waals surface area contributed by atoms with Crippen molar-refractivity contribution in [2.45, 2.75) is 33.1 Å². The van der Waals surface area contributed by atoms with E-state index in [-0.39, 0.29) is 0 Å². The van der Waals surface area contributed by atoms with Crippen LogP contribution in [-0.4, -0.2) is 17.2 Å². The minimum absolute atomic E-state index is 1.00. The number of hydrogen-bond donors (Lipinski definition) is 2. The predicted octanol–water partition coefficient (Wildman–Crippen LogP) is 1.97. The zero-order chi connectivity index (χ0) is 8.97. The van der Waals surface area contributed by atoms with E-state index < -0.39 is 0 Å². The highest BCUT2D eigenvalue weighted by Crippen LogP contribution is 2.17. The Balaban J connectivity index is 2.88. The standard InChI is InChI=1S/C9H17N3/c1-4-6-8-7(5-2)9(10-3)12-11-8/h4-6H2,1-3H3,(H2,10,11,12). The minimum Gasteiger partial charge on any atom is -0.371 e. The second-order valence-corrected chi connectivity index (χ2v) is 2.88. The molecular formula is C9H17N3. The molecule has 2 N–H and O–H groups in total. The molecule has 0 aliphatic heterocycles. The van der Waals surface area contributed by atoms with E-state index in [2.05, 4.69) is 29.4 Å². The zero-order valence-electron chi connectivity index (χ0n) is 8.07. The molecule has 3 nitrogen and oxygen atoms in total. The lowest BCUT2D eigenvalue weighted by Gasteiger charge is -2.00. The van der Waals surface area contributed by atoms with Gasteiger partial charge in [0.25, 0.3) is 0 Å². The van der Waals surface area contributed by atoms with Gasteiger partial charge in [0.1, 0.15) is 0 Å². The summed E-state index contributed by atoms with van der Waals surface area (Å²) in [4.78, 5) is 0. The second-order valence-electron chi connectivity index (χ2n) is 2.88. The molecule has 0 saturated heterocycles. The third kappa shape index (κ3) is 1.60. The van der Waals surface area contributed by atoms with E-state index in [1.807, 2.05) is 7.05 Å². The SMILES string of the molecule is CCCc1[nH]nc(NC)c1CC. The molecule has 12 heavy (non-hydrogen) atoms. The molecule has 0 amide bonds. The van der Waals surface area contributed by atoms with Gasteiger partial charge in [-0.15, -0.1) is 0 Å². The van der Waals surface area contributed by atoms with Crippen molar-refractivity contribution in [2.75, 3.05) is 12.4 Å². The molecule has 0 unspecified atom stereocenters. The summed E-state index contributed by atoms with van der Waals surface area (Å²) in [5.74, 6) is 1.00. The van der Waals surface area contributed by atoms with Crippen LogP contribution in [0, 0.1) is 0 Å². The topological polar surface area (TPSA) is 40.7 Å². The number of anilines is 1. The number of aromatic amines is 1. The molecule has 1 rings (SSSR count). The lowest BCUT2D eigenvalue weighted by Crippen LogP contribution is -1.94. The van der Waals surface area contributed by atoms with Crippen LogP contribution in [0.4, 0.5) is 5.82 Å². The maximum absolute atomic E-state index is 4.19. The van der Waals surface area contributed by atoms with E-state index in [0.29, 0.717) is 0 Å². The first-order valence-corrected chi connectivity index (χ1v) is 4.57. The van der Waals surface area contributed by atoms with Crippen LogP contribution in [0.2, 0.25) is 0 Å². The Kier molecular flexibility index (Phi) is 3.14. The Bertz CT molecular complexity index is 240. The molecule has 1 aromatic heterocycles. The number of aryl methyl sites for hydroxylation is 1. The van der Waals surface area contributed by atoms with Crippen molar-refractivity contribution in [3.8, 4) is 0 Å². The summed E-state index contributed by atoms with van der Waals surface area (Å²) in [6.45, 7) is 4.34. The summed E-state index contributed by atoms with van der Waals surface area (Å²) in [6.07, 6.45) is 3.30. The molecule has 3 heteroatoms. The van der Waals surface area contributed by atoms with Crippen molar-refractivity contribution in [3.63, 3.8) is 0 Å². The number of H-pyrrole nitrogens is 1. The van der Waals surface area contributed by atoms with E-state index >= 15 is 0 Å². The number of aromatic nitrogens is 2. The van der Waals surface area contributed by atoms with Gasteiger partial charge in [0, 0.05) is 18.3 Å². The number of nitrogens with zero attached hydrogens (tertiary/aromatic N) is 1. The van der Waals surface area contributed by atoms with Gasteiger partial charge in [0.2, 0.25) is 0 Å². The van der Waals surface area contributed by atoms with E-state index in [1.165, 1.54) is 17.7 Å². The average molecular weight is 167 g/mol. The summed E-state index contributed by atoms with van der Waals surface area (Å²) in [5.41, 5.74) is 2.61. The molecule has 1 heterocycles. The Labute approximate surface area is 73.6 Å². The molecular weight excluding hydrogens is 150 g/mol. The Morgan fingerprint density at radius 2 is 2.17 bits per heavy atom. The molecule has 0 saturated carbocycles. The van der Waals surface area contributed by atoms with Crippen LogP contribution in [-0.2, 0) is 12.8 Å². The molecule has 0 radical (unpaired) electrons. The number of nitrogens with one attached hydrogen (secondary N) is 2. The minimum atomic E-state index is 1.00. The predicted molar refractivity (Wildman–Crippen MR) is 51.5 cm³/mol. The lowest BCUT2D eigenvalue weighted by molar-refractivity contribution is 0.854. The maximum Gasteiger partial charge on any atom is 0.150 e. The molecule has 0 aromatic carbocycles. The van der Waals surface area contributed by atoms with Crippen LogP contribution < -0.4 is 5.32 Å². The van der Waals surface area contributed by atoms with Crippen molar-refractivity contribution in [2.24, 2.45) is 0 Å². The van der Waals surface area contributed by atoms with Crippen LogP contribution in [0.3, 0.4) is 0 Å². The highest BCUT2D eigenvalue weighted by molar-refractivity contribution is 5.45. The normalized spacial score (nSPS) is 10.2.